The van der Waals surface area contributed by atoms with E-state index in [-0.39, 0.29) is 0 Å². The van der Waals surface area contributed by atoms with Gasteiger partial charge in [-0.2, -0.15) is 0 Å². The van der Waals surface area contributed by atoms with Gasteiger partial charge in [-0.3, -0.25) is 4.90 Å². The Kier molecular flexibility index (Phi) is 4.26. The van der Waals surface area contributed by atoms with Crippen molar-refractivity contribution in [3.05, 3.63) is 0 Å². The standard InChI is InChI=1S/C14H28N2/c1-3-14(10-7-11-15-14)12-16(4-2)13-8-5-6-9-13/h13,15H,3-12H2,1-2H3. The van der Waals surface area contributed by atoms with Crippen molar-refractivity contribution in [1.29, 1.82) is 0 Å². The number of hydrogen-bond acceptors (Lipinski definition) is 2. The van der Waals surface area contributed by atoms with E-state index in [0.717, 1.165) is 6.04 Å². The molecule has 16 heavy (non-hydrogen) atoms. The van der Waals surface area contributed by atoms with Gasteiger partial charge in [0.2, 0.25) is 0 Å². The molecule has 0 aromatic rings. The van der Waals surface area contributed by atoms with E-state index >= 15 is 0 Å². The van der Waals surface area contributed by atoms with Crippen LogP contribution in [0.25, 0.3) is 0 Å². The molecule has 2 nitrogen and oxygen atoms in total. The molecule has 2 rings (SSSR count). The van der Waals surface area contributed by atoms with Crippen LogP contribution in [0.3, 0.4) is 0 Å². The largest absolute Gasteiger partial charge is 0.310 e. The molecule has 1 aliphatic heterocycles. The highest BCUT2D eigenvalue weighted by molar-refractivity contribution is 4.95. The molecule has 2 heteroatoms. The third-order valence-corrected chi connectivity index (χ3v) is 4.76. The topological polar surface area (TPSA) is 15.3 Å². The number of likely N-dealkylation sites (N-methyl/N-ethyl adjacent to an activating group) is 1. The van der Waals surface area contributed by atoms with Crippen LogP contribution in [0.15, 0.2) is 0 Å². The van der Waals surface area contributed by atoms with E-state index in [1.165, 1.54) is 64.6 Å². The molecular formula is C14H28N2. The maximum atomic E-state index is 3.77. The van der Waals surface area contributed by atoms with E-state index in [1.807, 2.05) is 0 Å². The van der Waals surface area contributed by atoms with Gasteiger partial charge in [0.05, 0.1) is 0 Å². The van der Waals surface area contributed by atoms with Crippen LogP contribution in [0.2, 0.25) is 0 Å². The van der Waals surface area contributed by atoms with Crippen LogP contribution < -0.4 is 5.32 Å². The van der Waals surface area contributed by atoms with Crippen molar-refractivity contribution >= 4 is 0 Å². The van der Waals surface area contributed by atoms with Gasteiger partial charge in [-0.15, -0.1) is 0 Å². The second-order valence-electron chi connectivity index (χ2n) is 5.67. The smallest absolute Gasteiger partial charge is 0.0306 e. The Morgan fingerprint density at radius 2 is 1.94 bits per heavy atom. The summed E-state index contributed by atoms with van der Waals surface area (Å²) in [5.74, 6) is 0. The van der Waals surface area contributed by atoms with E-state index in [4.69, 9.17) is 0 Å². The molecule has 1 aliphatic carbocycles. The fourth-order valence-corrected chi connectivity index (χ4v) is 3.57. The van der Waals surface area contributed by atoms with E-state index < -0.39 is 0 Å². The van der Waals surface area contributed by atoms with E-state index in [0.29, 0.717) is 5.54 Å². The minimum Gasteiger partial charge on any atom is -0.310 e. The lowest BCUT2D eigenvalue weighted by molar-refractivity contribution is 0.146. The highest BCUT2D eigenvalue weighted by Gasteiger charge is 2.35. The van der Waals surface area contributed by atoms with Gasteiger partial charge in [0, 0.05) is 18.1 Å². The van der Waals surface area contributed by atoms with Crippen LogP contribution in [0.1, 0.15) is 58.8 Å². The van der Waals surface area contributed by atoms with Gasteiger partial charge in [0.25, 0.3) is 0 Å². The molecule has 94 valence electrons. The molecule has 1 atom stereocenters. The van der Waals surface area contributed by atoms with Crippen molar-refractivity contribution in [3.8, 4) is 0 Å². The first-order valence-corrected chi connectivity index (χ1v) is 7.29. The Balaban J connectivity index is 1.93. The average molecular weight is 224 g/mol. The van der Waals surface area contributed by atoms with Crippen LogP contribution in [-0.4, -0.2) is 36.1 Å². The summed E-state index contributed by atoms with van der Waals surface area (Å²) in [6, 6.07) is 0.885. The lowest BCUT2D eigenvalue weighted by atomic mass is 9.92. The van der Waals surface area contributed by atoms with E-state index in [1.54, 1.807) is 0 Å². The van der Waals surface area contributed by atoms with Crippen molar-refractivity contribution in [2.45, 2.75) is 70.4 Å². The van der Waals surface area contributed by atoms with Gasteiger partial charge >= 0.3 is 0 Å². The molecule has 1 saturated heterocycles. The first kappa shape index (κ1) is 12.4. The zero-order valence-corrected chi connectivity index (χ0v) is 11.1. The van der Waals surface area contributed by atoms with Crippen LogP contribution in [0.4, 0.5) is 0 Å². The zero-order valence-electron chi connectivity index (χ0n) is 11.1. The molecule has 2 aliphatic rings. The van der Waals surface area contributed by atoms with Crippen molar-refractivity contribution in [3.63, 3.8) is 0 Å². The first-order valence-electron chi connectivity index (χ1n) is 7.29. The Morgan fingerprint density at radius 1 is 1.19 bits per heavy atom. The normalized spacial score (nSPS) is 31.7. The zero-order chi connectivity index (χ0) is 11.4. The number of rotatable bonds is 5. The highest BCUT2D eigenvalue weighted by Crippen LogP contribution is 2.29. The molecule has 0 radical (unpaired) electrons. The second-order valence-corrected chi connectivity index (χ2v) is 5.67. The van der Waals surface area contributed by atoms with Gasteiger partial charge in [-0.05, 0) is 45.2 Å². The molecule has 0 aromatic heterocycles. The molecule has 0 amide bonds. The summed E-state index contributed by atoms with van der Waals surface area (Å²) in [4.78, 5) is 2.74. The van der Waals surface area contributed by atoms with Crippen molar-refractivity contribution in [2.24, 2.45) is 0 Å². The lowest BCUT2D eigenvalue weighted by Gasteiger charge is -2.37. The minimum atomic E-state index is 0.443. The second kappa shape index (κ2) is 5.50. The minimum absolute atomic E-state index is 0.443. The van der Waals surface area contributed by atoms with Gasteiger partial charge in [0.15, 0.2) is 0 Å². The maximum Gasteiger partial charge on any atom is 0.0306 e. The summed E-state index contributed by atoms with van der Waals surface area (Å²) < 4.78 is 0. The molecule has 1 heterocycles. The summed E-state index contributed by atoms with van der Waals surface area (Å²) in [5, 5.41) is 3.77. The molecule has 1 N–H and O–H groups in total. The fraction of sp³-hybridized carbons (Fsp3) is 1.00. The quantitative estimate of drug-likeness (QED) is 0.772. The maximum absolute atomic E-state index is 3.77. The number of nitrogens with zero attached hydrogens (tertiary/aromatic N) is 1. The Bertz CT molecular complexity index is 203. The first-order chi connectivity index (χ1) is 7.79. The van der Waals surface area contributed by atoms with Gasteiger partial charge in [0.1, 0.15) is 0 Å². The third kappa shape index (κ3) is 2.60. The molecule has 2 fully saturated rings. The molecular weight excluding hydrogens is 196 g/mol. The summed E-state index contributed by atoms with van der Waals surface area (Å²) in [6.07, 6.45) is 9.82. The Hall–Kier alpha value is -0.0800. The van der Waals surface area contributed by atoms with Gasteiger partial charge in [-0.1, -0.05) is 26.7 Å². The third-order valence-electron chi connectivity index (χ3n) is 4.76. The predicted molar refractivity (Wildman–Crippen MR) is 69.8 cm³/mol. The predicted octanol–water partition coefficient (Wildman–Crippen LogP) is 2.78. The Labute approximate surface area is 101 Å². The van der Waals surface area contributed by atoms with Crippen LogP contribution >= 0.6 is 0 Å². The average Bonchev–Trinajstić information content (AvgIpc) is 2.98. The van der Waals surface area contributed by atoms with Crippen molar-refractivity contribution in [1.82, 2.24) is 10.2 Å². The van der Waals surface area contributed by atoms with Crippen LogP contribution in [0, 0.1) is 0 Å². The monoisotopic (exact) mass is 224 g/mol. The fourth-order valence-electron chi connectivity index (χ4n) is 3.57. The summed E-state index contributed by atoms with van der Waals surface area (Å²) >= 11 is 0. The van der Waals surface area contributed by atoms with Gasteiger partial charge in [-0.25, -0.2) is 0 Å². The molecule has 0 bridgehead atoms. The lowest BCUT2D eigenvalue weighted by Crippen LogP contribution is -2.51. The van der Waals surface area contributed by atoms with Crippen molar-refractivity contribution in [2.75, 3.05) is 19.6 Å². The molecule has 0 spiro atoms. The SMILES string of the molecule is CCN(CC1(CC)CCCN1)C1CCCC1. The summed E-state index contributed by atoms with van der Waals surface area (Å²) in [5.41, 5.74) is 0.443. The Morgan fingerprint density at radius 3 is 2.44 bits per heavy atom. The highest BCUT2D eigenvalue weighted by atomic mass is 15.2. The van der Waals surface area contributed by atoms with E-state index in [2.05, 4.69) is 24.1 Å². The van der Waals surface area contributed by atoms with Crippen LogP contribution in [-0.2, 0) is 0 Å². The van der Waals surface area contributed by atoms with E-state index in [9.17, 15) is 0 Å². The van der Waals surface area contributed by atoms with Crippen LogP contribution in [0.5, 0.6) is 0 Å². The molecule has 0 aromatic carbocycles. The number of nitrogens with one attached hydrogen (secondary N) is 1. The summed E-state index contributed by atoms with van der Waals surface area (Å²) in [7, 11) is 0. The molecule has 1 unspecified atom stereocenters. The molecule has 1 saturated carbocycles. The van der Waals surface area contributed by atoms with Gasteiger partial charge < -0.3 is 5.32 Å². The summed E-state index contributed by atoms with van der Waals surface area (Å²) in [6.45, 7) is 8.42. The van der Waals surface area contributed by atoms with Crippen molar-refractivity contribution < 1.29 is 0 Å². The number of hydrogen-bond donors (Lipinski definition) is 1.